The summed E-state index contributed by atoms with van der Waals surface area (Å²) in [5.41, 5.74) is 8.10. The quantitative estimate of drug-likeness (QED) is 0.867. The minimum absolute atomic E-state index is 0.109. The third kappa shape index (κ3) is 4.07. The lowest BCUT2D eigenvalue weighted by Gasteiger charge is -2.33. The van der Waals surface area contributed by atoms with Crippen LogP contribution in [0.2, 0.25) is 0 Å². The van der Waals surface area contributed by atoms with Gasteiger partial charge in [0, 0.05) is 13.1 Å². The average Bonchev–Trinajstić information content (AvgIpc) is 2.47. The SMILES string of the molecule is CC1(CNC(=O)Cc2ccccc2CN)CCCCC1. The van der Waals surface area contributed by atoms with E-state index in [0.29, 0.717) is 18.4 Å². The summed E-state index contributed by atoms with van der Waals surface area (Å²) >= 11 is 0. The van der Waals surface area contributed by atoms with Crippen molar-refractivity contribution in [2.24, 2.45) is 11.1 Å². The molecule has 0 radical (unpaired) electrons. The molecule has 0 spiro atoms. The molecule has 0 aliphatic heterocycles. The van der Waals surface area contributed by atoms with Crippen molar-refractivity contribution in [3.05, 3.63) is 35.4 Å². The van der Waals surface area contributed by atoms with Crippen LogP contribution in [0.25, 0.3) is 0 Å². The van der Waals surface area contributed by atoms with Crippen LogP contribution < -0.4 is 11.1 Å². The molecule has 0 atom stereocenters. The average molecular weight is 274 g/mol. The van der Waals surface area contributed by atoms with Crippen molar-refractivity contribution in [2.75, 3.05) is 6.54 Å². The number of hydrogen-bond acceptors (Lipinski definition) is 2. The Bertz CT molecular complexity index is 450. The molecule has 1 fully saturated rings. The Morgan fingerprint density at radius 3 is 2.50 bits per heavy atom. The van der Waals surface area contributed by atoms with Gasteiger partial charge in [-0.1, -0.05) is 50.5 Å². The Hall–Kier alpha value is -1.35. The number of rotatable bonds is 5. The first-order chi connectivity index (χ1) is 9.63. The van der Waals surface area contributed by atoms with Gasteiger partial charge >= 0.3 is 0 Å². The van der Waals surface area contributed by atoms with Crippen molar-refractivity contribution in [1.29, 1.82) is 0 Å². The van der Waals surface area contributed by atoms with E-state index in [9.17, 15) is 4.79 Å². The van der Waals surface area contributed by atoms with E-state index in [0.717, 1.165) is 17.7 Å². The zero-order valence-electron chi connectivity index (χ0n) is 12.5. The molecule has 0 aromatic heterocycles. The first kappa shape index (κ1) is 15.0. The molecule has 3 nitrogen and oxygen atoms in total. The van der Waals surface area contributed by atoms with Gasteiger partial charge in [-0.3, -0.25) is 4.79 Å². The standard InChI is InChI=1S/C17H26N2O/c1-17(9-5-2-6-10-17)13-19-16(20)11-14-7-3-4-8-15(14)12-18/h3-4,7-8H,2,5-6,9-13,18H2,1H3,(H,19,20). The maximum atomic E-state index is 12.1. The molecule has 3 heteroatoms. The predicted molar refractivity (Wildman–Crippen MR) is 82.2 cm³/mol. The molecule has 0 heterocycles. The second-order valence-corrected chi connectivity index (χ2v) is 6.30. The molecule has 0 saturated heterocycles. The first-order valence-corrected chi connectivity index (χ1v) is 7.66. The number of hydrogen-bond donors (Lipinski definition) is 2. The summed E-state index contributed by atoms with van der Waals surface area (Å²) in [6.07, 6.45) is 6.82. The van der Waals surface area contributed by atoms with Crippen LogP contribution in [0.1, 0.15) is 50.2 Å². The molecule has 1 aliphatic rings. The molecule has 110 valence electrons. The lowest BCUT2D eigenvalue weighted by molar-refractivity contribution is -0.121. The van der Waals surface area contributed by atoms with Crippen LogP contribution in [0.5, 0.6) is 0 Å². The van der Waals surface area contributed by atoms with E-state index in [1.54, 1.807) is 0 Å². The summed E-state index contributed by atoms with van der Waals surface area (Å²) in [4.78, 5) is 12.1. The summed E-state index contributed by atoms with van der Waals surface area (Å²) in [5, 5.41) is 3.11. The molecule has 1 saturated carbocycles. The molecular formula is C17H26N2O. The van der Waals surface area contributed by atoms with Crippen molar-refractivity contribution < 1.29 is 4.79 Å². The third-order valence-corrected chi connectivity index (χ3v) is 4.46. The number of nitrogens with one attached hydrogen (secondary N) is 1. The van der Waals surface area contributed by atoms with Crippen LogP contribution in [0.4, 0.5) is 0 Å². The smallest absolute Gasteiger partial charge is 0.224 e. The number of carbonyl (C=O) groups is 1. The highest BCUT2D eigenvalue weighted by atomic mass is 16.1. The highest BCUT2D eigenvalue weighted by Crippen LogP contribution is 2.34. The Balaban J connectivity index is 1.86. The van der Waals surface area contributed by atoms with Gasteiger partial charge in [0.15, 0.2) is 0 Å². The molecule has 0 unspecified atom stereocenters. The lowest BCUT2D eigenvalue weighted by atomic mass is 9.76. The molecule has 3 N–H and O–H groups in total. The summed E-state index contributed by atoms with van der Waals surface area (Å²) in [7, 11) is 0. The second kappa shape index (κ2) is 6.89. The van der Waals surface area contributed by atoms with Gasteiger partial charge in [0.25, 0.3) is 0 Å². The van der Waals surface area contributed by atoms with Gasteiger partial charge in [0.05, 0.1) is 6.42 Å². The van der Waals surface area contributed by atoms with Crippen molar-refractivity contribution in [3.8, 4) is 0 Å². The number of amides is 1. The molecule has 1 amide bonds. The van der Waals surface area contributed by atoms with Crippen molar-refractivity contribution in [1.82, 2.24) is 5.32 Å². The fourth-order valence-corrected chi connectivity index (χ4v) is 3.06. The Morgan fingerprint density at radius 2 is 1.85 bits per heavy atom. The van der Waals surface area contributed by atoms with Crippen molar-refractivity contribution in [2.45, 2.75) is 52.0 Å². The molecule has 1 aliphatic carbocycles. The van der Waals surface area contributed by atoms with Gasteiger partial charge in [-0.25, -0.2) is 0 Å². The molecule has 0 bridgehead atoms. The second-order valence-electron chi connectivity index (χ2n) is 6.30. The van der Waals surface area contributed by atoms with Crippen LogP contribution in [-0.4, -0.2) is 12.5 Å². The predicted octanol–water partition coefficient (Wildman–Crippen LogP) is 2.77. The van der Waals surface area contributed by atoms with E-state index in [4.69, 9.17) is 5.73 Å². The van der Waals surface area contributed by atoms with Crippen molar-refractivity contribution >= 4 is 5.91 Å². The molecule has 1 aromatic rings. The van der Waals surface area contributed by atoms with E-state index in [-0.39, 0.29) is 5.91 Å². The minimum Gasteiger partial charge on any atom is -0.355 e. The van der Waals surface area contributed by atoms with E-state index in [2.05, 4.69) is 12.2 Å². The fraction of sp³-hybridized carbons (Fsp3) is 0.588. The van der Waals surface area contributed by atoms with E-state index in [1.165, 1.54) is 32.1 Å². The van der Waals surface area contributed by atoms with E-state index in [1.807, 2.05) is 24.3 Å². The molecule has 1 aromatic carbocycles. The highest BCUT2D eigenvalue weighted by Gasteiger charge is 2.27. The van der Waals surface area contributed by atoms with E-state index < -0.39 is 0 Å². The summed E-state index contributed by atoms with van der Waals surface area (Å²) < 4.78 is 0. The minimum atomic E-state index is 0.109. The summed E-state index contributed by atoms with van der Waals surface area (Å²) in [5.74, 6) is 0.109. The Kier molecular flexibility index (Phi) is 5.18. The lowest BCUT2D eigenvalue weighted by Crippen LogP contribution is -2.37. The number of nitrogens with two attached hydrogens (primary N) is 1. The van der Waals surface area contributed by atoms with Crippen LogP contribution in [0, 0.1) is 5.41 Å². The highest BCUT2D eigenvalue weighted by molar-refractivity contribution is 5.79. The number of benzene rings is 1. The molecule has 2 rings (SSSR count). The van der Waals surface area contributed by atoms with E-state index >= 15 is 0 Å². The van der Waals surface area contributed by atoms with Crippen molar-refractivity contribution in [3.63, 3.8) is 0 Å². The van der Waals surface area contributed by atoms with Gasteiger partial charge in [0.2, 0.25) is 5.91 Å². The topological polar surface area (TPSA) is 55.1 Å². The normalized spacial score (nSPS) is 17.7. The van der Waals surface area contributed by atoms with Crippen LogP contribution in [-0.2, 0) is 17.8 Å². The molecular weight excluding hydrogens is 248 g/mol. The maximum absolute atomic E-state index is 12.1. The van der Waals surface area contributed by atoms with Crippen LogP contribution in [0.3, 0.4) is 0 Å². The fourth-order valence-electron chi connectivity index (χ4n) is 3.06. The van der Waals surface area contributed by atoms with Gasteiger partial charge in [-0.2, -0.15) is 0 Å². The number of carbonyl (C=O) groups excluding carboxylic acids is 1. The zero-order chi connectivity index (χ0) is 14.4. The van der Waals surface area contributed by atoms with Gasteiger partial charge < -0.3 is 11.1 Å². The summed E-state index contributed by atoms with van der Waals surface area (Å²) in [6.45, 7) is 3.58. The van der Waals surface area contributed by atoms with Gasteiger partial charge in [-0.05, 0) is 29.4 Å². The monoisotopic (exact) mass is 274 g/mol. The van der Waals surface area contributed by atoms with Gasteiger partial charge in [-0.15, -0.1) is 0 Å². The third-order valence-electron chi connectivity index (χ3n) is 4.46. The largest absolute Gasteiger partial charge is 0.355 e. The first-order valence-electron chi connectivity index (χ1n) is 7.66. The zero-order valence-corrected chi connectivity index (χ0v) is 12.5. The Labute approximate surface area is 121 Å². The Morgan fingerprint density at radius 1 is 1.20 bits per heavy atom. The summed E-state index contributed by atoms with van der Waals surface area (Å²) in [6, 6.07) is 7.91. The van der Waals surface area contributed by atoms with Crippen LogP contribution in [0.15, 0.2) is 24.3 Å². The van der Waals surface area contributed by atoms with Crippen LogP contribution >= 0.6 is 0 Å². The van der Waals surface area contributed by atoms with Gasteiger partial charge in [0.1, 0.15) is 0 Å². The maximum Gasteiger partial charge on any atom is 0.224 e. The molecule has 20 heavy (non-hydrogen) atoms.